The Morgan fingerprint density at radius 1 is 1.16 bits per heavy atom. The number of H-pyrrole nitrogens is 1. The Hall–Kier alpha value is -3.12. The van der Waals surface area contributed by atoms with Gasteiger partial charge in [-0.05, 0) is 18.4 Å². The van der Waals surface area contributed by atoms with E-state index in [2.05, 4.69) is 20.3 Å². The summed E-state index contributed by atoms with van der Waals surface area (Å²) in [7, 11) is 0. The summed E-state index contributed by atoms with van der Waals surface area (Å²) in [6.07, 6.45) is -2.25. The lowest BCUT2D eigenvalue weighted by molar-refractivity contribution is -0.0509. The Bertz CT molecular complexity index is 1160. The predicted molar refractivity (Wildman–Crippen MR) is 111 cm³/mol. The molecule has 3 aromatic rings. The van der Waals surface area contributed by atoms with Crippen molar-refractivity contribution in [3.05, 3.63) is 62.9 Å². The number of benzene rings is 1. The molecule has 2 aromatic heterocycles. The summed E-state index contributed by atoms with van der Waals surface area (Å²) >= 11 is 0. The summed E-state index contributed by atoms with van der Waals surface area (Å²) in [5.41, 5.74) is -0.563. The van der Waals surface area contributed by atoms with Crippen molar-refractivity contribution in [1.29, 1.82) is 0 Å². The second kappa shape index (κ2) is 8.94. The second-order valence-electron chi connectivity index (χ2n) is 7.31. The van der Waals surface area contributed by atoms with Crippen LogP contribution in [0.1, 0.15) is 18.2 Å². The van der Waals surface area contributed by atoms with E-state index in [-0.39, 0.29) is 17.0 Å². The molecule has 0 radical (unpaired) electrons. The van der Waals surface area contributed by atoms with E-state index in [1.54, 1.807) is 0 Å². The van der Waals surface area contributed by atoms with Gasteiger partial charge in [0.05, 0.1) is 12.9 Å². The Balaban J connectivity index is 1.57. The average Bonchev–Trinajstić information content (AvgIpc) is 3.30. The molecule has 31 heavy (non-hydrogen) atoms. The van der Waals surface area contributed by atoms with Crippen LogP contribution in [-0.4, -0.2) is 66.3 Å². The number of aliphatic hydroxyl groups is 3. The van der Waals surface area contributed by atoms with E-state index in [0.717, 1.165) is 19.2 Å². The summed E-state index contributed by atoms with van der Waals surface area (Å²) in [4.78, 5) is 35.7. The molecule has 11 nitrogen and oxygen atoms in total. The fourth-order valence-corrected chi connectivity index (χ4v) is 3.62. The fraction of sp³-hybridized carbons (Fsp3) is 0.400. The van der Waals surface area contributed by atoms with Gasteiger partial charge in [-0.2, -0.15) is 4.98 Å². The van der Waals surface area contributed by atoms with Gasteiger partial charge in [-0.25, -0.2) is 4.98 Å². The molecule has 0 saturated carbocycles. The monoisotopic (exact) mass is 429 g/mol. The largest absolute Gasteiger partial charge is 0.394 e. The third-order valence-electron chi connectivity index (χ3n) is 5.23. The van der Waals surface area contributed by atoms with Crippen LogP contribution in [-0.2, 0) is 11.2 Å². The zero-order chi connectivity index (χ0) is 22.0. The van der Waals surface area contributed by atoms with Crippen LogP contribution in [0.2, 0.25) is 0 Å². The molecule has 5 N–H and O–H groups in total. The lowest BCUT2D eigenvalue weighted by Gasteiger charge is -2.16. The van der Waals surface area contributed by atoms with Crippen LogP contribution < -0.4 is 16.4 Å². The van der Waals surface area contributed by atoms with E-state index in [1.807, 2.05) is 30.3 Å². The van der Waals surface area contributed by atoms with Crippen molar-refractivity contribution in [3.63, 3.8) is 0 Å². The minimum atomic E-state index is -1.42. The van der Waals surface area contributed by atoms with E-state index in [9.17, 15) is 24.9 Å². The lowest BCUT2D eigenvalue weighted by atomic mass is 10.1. The summed E-state index contributed by atoms with van der Waals surface area (Å²) in [6, 6.07) is 9.91. The molecule has 1 aliphatic heterocycles. The number of hydrogen-bond donors (Lipinski definition) is 5. The summed E-state index contributed by atoms with van der Waals surface area (Å²) in [6.45, 7) is -0.0370. The number of rotatable bonds is 7. The normalized spacial score (nSPS) is 23.3. The van der Waals surface area contributed by atoms with Gasteiger partial charge in [0.15, 0.2) is 11.7 Å². The van der Waals surface area contributed by atoms with E-state index in [4.69, 9.17) is 4.74 Å². The molecular formula is C20H23N5O6. The second-order valence-corrected chi connectivity index (χ2v) is 7.31. The van der Waals surface area contributed by atoms with Gasteiger partial charge < -0.3 is 25.4 Å². The third kappa shape index (κ3) is 4.21. The van der Waals surface area contributed by atoms with Crippen molar-refractivity contribution in [1.82, 2.24) is 19.5 Å². The first kappa shape index (κ1) is 21.1. The summed E-state index contributed by atoms with van der Waals surface area (Å²) in [5, 5.41) is 32.5. The number of hydrogen-bond acceptors (Lipinski definition) is 9. The number of aryl methyl sites for hydroxylation is 1. The van der Waals surface area contributed by atoms with E-state index in [1.165, 1.54) is 10.1 Å². The minimum absolute atomic E-state index is 0.00812. The number of anilines is 1. The number of fused-ring (bicyclic) bond motifs is 1. The molecule has 3 heterocycles. The first-order valence-corrected chi connectivity index (χ1v) is 9.91. The van der Waals surface area contributed by atoms with Gasteiger partial charge >= 0.3 is 5.56 Å². The maximum Gasteiger partial charge on any atom is 0.301 e. The van der Waals surface area contributed by atoms with Gasteiger partial charge in [-0.1, -0.05) is 30.3 Å². The zero-order valence-corrected chi connectivity index (χ0v) is 16.5. The Kier molecular flexibility index (Phi) is 6.09. The van der Waals surface area contributed by atoms with E-state index < -0.39 is 42.3 Å². The molecule has 164 valence electrons. The molecule has 0 spiro atoms. The molecule has 0 unspecified atom stereocenters. The third-order valence-corrected chi connectivity index (χ3v) is 5.23. The molecule has 1 saturated heterocycles. The standard InChI is InChI=1S/C20H23N5O6/c26-9-12-15(27)16(28)19(31-12)25-10-22-13-14(25)18(30)24-20(23-17(13)29)21-8-4-7-11-5-2-1-3-6-11/h1-3,5-6,10,12,15-16,19,26-28H,4,7-9H2,(H2,21,23,24,29,30)/t12-,15-,16-,19-/m1/s1. The van der Waals surface area contributed by atoms with Crippen molar-refractivity contribution in [2.75, 3.05) is 18.5 Å². The molecule has 1 aromatic carbocycles. The number of aromatic amines is 1. The summed E-state index contributed by atoms with van der Waals surface area (Å²) < 4.78 is 6.61. The van der Waals surface area contributed by atoms with Crippen LogP contribution in [0.3, 0.4) is 0 Å². The number of aliphatic hydroxyl groups excluding tert-OH is 3. The molecule has 1 aliphatic rings. The first-order valence-electron chi connectivity index (χ1n) is 9.91. The van der Waals surface area contributed by atoms with Gasteiger partial charge in [-0.3, -0.25) is 19.1 Å². The number of nitrogens with one attached hydrogen (secondary N) is 2. The highest BCUT2D eigenvalue weighted by Gasteiger charge is 2.44. The molecule has 4 rings (SSSR count). The van der Waals surface area contributed by atoms with Crippen molar-refractivity contribution in [2.45, 2.75) is 37.4 Å². The number of ether oxygens (including phenoxy) is 1. The van der Waals surface area contributed by atoms with Crippen LogP contribution in [0.15, 0.2) is 46.2 Å². The lowest BCUT2D eigenvalue weighted by Crippen LogP contribution is -2.33. The van der Waals surface area contributed by atoms with Crippen LogP contribution in [0.4, 0.5) is 5.95 Å². The Morgan fingerprint density at radius 3 is 2.65 bits per heavy atom. The first-order chi connectivity index (χ1) is 15.0. The Morgan fingerprint density at radius 2 is 1.94 bits per heavy atom. The van der Waals surface area contributed by atoms with Crippen LogP contribution in [0, 0.1) is 0 Å². The summed E-state index contributed by atoms with van der Waals surface area (Å²) in [5.74, 6) is 0.00812. The van der Waals surface area contributed by atoms with Crippen molar-refractivity contribution in [3.8, 4) is 0 Å². The van der Waals surface area contributed by atoms with Crippen LogP contribution >= 0.6 is 0 Å². The van der Waals surface area contributed by atoms with Gasteiger partial charge in [0.25, 0.3) is 5.56 Å². The predicted octanol–water partition coefficient (Wildman–Crippen LogP) is -0.864. The van der Waals surface area contributed by atoms with Crippen LogP contribution in [0.25, 0.3) is 11.0 Å². The quantitative estimate of drug-likeness (QED) is 0.301. The smallest absolute Gasteiger partial charge is 0.301 e. The SMILES string of the molecule is O=c1nc(NCCCc2ccccc2)[nH]c(=O)c2c1ncn2[C@@H]1O[C@H](CO)[C@@H](O)[C@H]1O. The fourth-order valence-electron chi connectivity index (χ4n) is 3.62. The Labute approximate surface area is 176 Å². The topological polar surface area (TPSA) is 163 Å². The van der Waals surface area contributed by atoms with Crippen molar-refractivity contribution < 1.29 is 20.1 Å². The number of nitrogens with zero attached hydrogens (tertiary/aromatic N) is 3. The highest BCUT2D eigenvalue weighted by Crippen LogP contribution is 2.30. The molecule has 0 amide bonds. The van der Waals surface area contributed by atoms with Gasteiger partial charge in [0.1, 0.15) is 23.8 Å². The highest BCUT2D eigenvalue weighted by atomic mass is 16.6. The maximum atomic E-state index is 12.8. The molecule has 11 heteroatoms. The van der Waals surface area contributed by atoms with E-state index >= 15 is 0 Å². The van der Waals surface area contributed by atoms with Gasteiger partial charge in [0, 0.05) is 6.54 Å². The molecule has 4 atom stereocenters. The number of aromatic nitrogens is 4. The van der Waals surface area contributed by atoms with Gasteiger partial charge in [0.2, 0.25) is 5.95 Å². The van der Waals surface area contributed by atoms with E-state index in [0.29, 0.717) is 6.54 Å². The van der Waals surface area contributed by atoms with Crippen molar-refractivity contribution >= 4 is 17.0 Å². The average molecular weight is 429 g/mol. The minimum Gasteiger partial charge on any atom is -0.394 e. The van der Waals surface area contributed by atoms with Crippen LogP contribution in [0.5, 0.6) is 0 Å². The maximum absolute atomic E-state index is 12.8. The van der Waals surface area contributed by atoms with Gasteiger partial charge in [-0.15, -0.1) is 0 Å². The molecule has 0 bridgehead atoms. The molecule has 0 aliphatic carbocycles. The zero-order valence-electron chi connectivity index (χ0n) is 16.5. The number of imidazole rings is 1. The highest BCUT2D eigenvalue weighted by molar-refractivity contribution is 5.73. The molecule has 1 fully saturated rings. The van der Waals surface area contributed by atoms with Crippen molar-refractivity contribution in [2.24, 2.45) is 0 Å². The molecular weight excluding hydrogens is 406 g/mol.